The molecule has 0 N–H and O–H groups in total. The molecule has 0 bridgehead atoms. The molecule has 0 aromatic heterocycles. The molecule has 0 aliphatic heterocycles. The van der Waals surface area contributed by atoms with Gasteiger partial charge in [0.2, 0.25) is 0 Å². The topological polar surface area (TPSA) is 0 Å². The Morgan fingerprint density at radius 2 is 0.286 bits per heavy atom. The lowest BCUT2D eigenvalue weighted by Crippen LogP contribution is -2.95. The molecule has 0 heterocycles. The minimum Gasteiger partial charge on any atom is -0.0620 e. The second kappa shape index (κ2) is 3.52. The van der Waals surface area contributed by atoms with Crippen molar-refractivity contribution in [1.29, 1.82) is 0 Å². The van der Waals surface area contributed by atoms with Gasteiger partial charge in [0.25, 0.3) is 0 Å². The molecule has 0 spiro atoms. The van der Waals surface area contributed by atoms with Crippen LogP contribution in [0.15, 0.2) is 0 Å². The van der Waals surface area contributed by atoms with Crippen LogP contribution in [0.1, 0.15) is 27.7 Å². The van der Waals surface area contributed by atoms with Crippen molar-refractivity contribution < 1.29 is 0 Å². The van der Waals surface area contributed by atoms with Crippen molar-refractivity contribution >= 4 is 0 Å². The van der Waals surface area contributed by atoms with Crippen LogP contribution in [0.25, 0.3) is 0 Å². The van der Waals surface area contributed by atoms with E-state index in [1.165, 1.54) is 118 Å². The lowest BCUT2D eigenvalue weighted by molar-refractivity contribution is -0.515. The van der Waals surface area contributed by atoms with Crippen LogP contribution in [-0.4, -0.2) is 0 Å². The van der Waals surface area contributed by atoms with Crippen LogP contribution in [-0.2, 0) is 0 Å². The number of rotatable bonds is 0. The van der Waals surface area contributed by atoms with Crippen molar-refractivity contribution in [3.05, 3.63) is 0 Å². The van der Waals surface area contributed by atoms with E-state index in [2.05, 4.69) is 27.7 Å². The Morgan fingerprint density at radius 3 is 0.429 bits per heavy atom. The average molecular weight is 373 g/mol. The van der Waals surface area contributed by atoms with E-state index in [9.17, 15) is 0 Å². The molecule has 28 heavy (non-hydrogen) atoms. The van der Waals surface area contributed by atoms with Crippen molar-refractivity contribution in [2.45, 2.75) is 27.7 Å². The molecule has 24 atom stereocenters. The highest BCUT2D eigenvalue weighted by Crippen LogP contribution is 2.97. The molecule has 0 saturated heterocycles. The first-order valence-corrected chi connectivity index (χ1v) is 13.6. The third-order valence-electron chi connectivity index (χ3n) is 16.5. The van der Waals surface area contributed by atoms with Gasteiger partial charge < -0.3 is 0 Å². The highest BCUT2D eigenvalue weighted by molar-refractivity contribution is 5.40. The van der Waals surface area contributed by atoms with Crippen LogP contribution in [0.5, 0.6) is 0 Å². The van der Waals surface area contributed by atoms with E-state index in [0.717, 1.165) is 23.7 Å². The van der Waals surface area contributed by atoms with Gasteiger partial charge in [0, 0.05) is 0 Å². The van der Waals surface area contributed by atoms with Gasteiger partial charge in [-0.2, -0.15) is 0 Å². The Labute approximate surface area is 170 Å². The smallest absolute Gasteiger partial charge is 0.0312 e. The van der Waals surface area contributed by atoms with E-state index in [0.29, 0.717) is 0 Å². The van der Waals surface area contributed by atoms with Crippen LogP contribution < -0.4 is 0 Å². The van der Waals surface area contributed by atoms with E-state index >= 15 is 0 Å². The quantitative estimate of drug-likeness (QED) is 0.525. The SMILES string of the molecule is CC1[C@@H](C)C2C3C4C5C6C7C(C6[C@H]5[C@H]4[C@H]3[C@@H]12)[C@H]1C7C2C3C4C(C)[C@@H](C)[C@H]4[C@H]3[C@H]21. The summed E-state index contributed by atoms with van der Waals surface area (Å²) in [5.74, 6) is 29.6. The first-order chi connectivity index (χ1) is 13.6. The van der Waals surface area contributed by atoms with Gasteiger partial charge in [0.1, 0.15) is 0 Å². The molecule has 11 aliphatic rings. The molecule has 14 unspecified atom stereocenters. The highest BCUT2D eigenvalue weighted by Gasteiger charge is 2.94. The minimum absolute atomic E-state index is 1.09. The van der Waals surface area contributed by atoms with E-state index in [1.54, 1.807) is 0 Å². The summed E-state index contributed by atoms with van der Waals surface area (Å²) in [5, 5.41) is 0. The molecule has 0 heteroatoms. The van der Waals surface area contributed by atoms with Crippen LogP contribution in [0, 0.1) is 142 Å². The molecule has 148 valence electrons. The third kappa shape index (κ3) is 0.879. The maximum Gasteiger partial charge on any atom is -0.0312 e. The molecule has 0 amide bonds. The predicted octanol–water partition coefficient (Wildman–Crippen LogP) is 5.00. The van der Waals surface area contributed by atoms with Gasteiger partial charge in [0.05, 0.1) is 0 Å². The van der Waals surface area contributed by atoms with Gasteiger partial charge in [0.15, 0.2) is 0 Å². The second-order valence-corrected chi connectivity index (χ2v) is 15.0. The first-order valence-electron chi connectivity index (χ1n) is 13.6. The summed E-state index contributed by atoms with van der Waals surface area (Å²) >= 11 is 0. The van der Waals surface area contributed by atoms with Crippen molar-refractivity contribution in [2.24, 2.45) is 142 Å². The van der Waals surface area contributed by atoms with Crippen LogP contribution in [0.2, 0.25) is 0 Å². The van der Waals surface area contributed by atoms with Crippen LogP contribution in [0.4, 0.5) is 0 Å². The van der Waals surface area contributed by atoms with Crippen LogP contribution >= 0.6 is 0 Å². The zero-order valence-electron chi connectivity index (χ0n) is 17.9. The summed E-state index contributed by atoms with van der Waals surface area (Å²) in [7, 11) is 0. The highest BCUT2D eigenvalue weighted by atomic mass is 15.0. The van der Waals surface area contributed by atoms with Gasteiger partial charge in [-0.3, -0.25) is 0 Å². The standard InChI is InChI=1S/C28H36/c1-5-6(2)10-9(5)13-14(10)18-17(13)21-22(18)26-25(21)27-23-19-15-11-7(3)8(4)12(11)16(15)20(19)24(23)28(26)27/h5-28H,1-4H3/t5-,6?,7?,8-,9-,10?,11+,12?,13-,14?,15+,16?,17-,18?,19+,20?,21-,22?,23+,24?,25?,26?,27?,28?/m1/s1. The fourth-order valence-electron chi connectivity index (χ4n) is 15.9. The molecule has 0 nitrogen and oxygen atoms in total. The Kier molecular flexibility index (Phi) is 1.78. The average Bonchev–Trinajstić information content (AvgIpc) is 2.63. The fourth-order valence-corrected chi connectivity index (χ4v) is 15.9. The maximum absolute atomic E-state index is 2.60. The molecule has 0 radical (unpaired) electrons. The van der Waals surface area contributed by atoms with Gasteiger partial charge in [-0.05, 0) is 142 Å². The summed E-state index contributed by atoms with van der Waals surface area (Å²) < 4.78 is 0. The van der Waals surface area contributed by atoms with Crippen molar-refractivity contribution in [2.75, 3.05) is 0 Å². The van der Waals surface area contributed by atoms with Crippen LogP contribution in [0.3, 0.4) is 0 Å². The summed E-state index contributed by atoms with van der Waals surface area (Å²) in [6.45, 7) is 10.4. The lowest BCUT2D eigenvalue weighted by atomic mass is 9.06. The molecule has 11 saturated carbocycles. The Bertz CT molecular complexity index is 736. The molecular formula is C28H36. The van der Waals surface area contributed by atoms with Crippen molar-refractivity contribution in [3.8, 4) is 0 Å². The Hall–Kier alpha value is 0. The minimum atomic E-state index is 1.09. The van der Waals surface area contributed by atoms with E-state index in [-0.39, 0.29) is 0 Å². The van der Waals surface area contributed by atoms with Crippen molar-refractivity contribution in [1.82, 2.24) is 0 Å². The van der Waals surface area contributed by atoms with Gasteiger partial charge in [-0.1, -0.05) is 27.7 Å². The summed E-state index contributed by atoms with van der Waals surface area (Å²) in [5.41, 5.74) is 0. The van der Waals surface area contributed by atoms with Gasteiger partial charge >= 0.3 is 0 Å². The molecule has 11 rings (SSSR count). The molecule has 0 aromatic rings. The molecular weight excluding hydrogens is 336 g/mol. The lowest BCUT2D eigenvalue weighted by Gasteiger charge is -2.98. The van der Waals surface area contributed by atoms with E-state index in [4.69, 9.17) is 0 Å². The zero-order chi connectivity index (χ0) is 17.9. The van der Waals surface area contributed by atoms with E-state index < -0.39 is 0 Å². The summed E-state index contributed by atoms with van der Waals surface area (Å²) in [6.07, 6.45) is 0. The fraction of sp³-hybridized carbons (Fsp3) is 1.00. The second-order valence-electron chi connectivity index (χ2n) is 15.0. The normalized spacial score (nSPS) is 93.0. The van der Waals surface area contributed by atoms with Gasteiger partial charge in [-0.25, -0.2) is 0 Å². The number of fused-ring (bicyclic) bond motifs is 28. The summed E-state index contributed by atoms with van der Waals surface area (Å²) in [4.78, 5) is 0. The zero-order valence-corrected chi connectivity index (χ0v) is 17.9. The molecule has 11 aliphatic carbocycles. The van der Waals surface area contributed by atoms with E-state index in [1.807, 2.05) is 0 Å². The van der Waals surface area contributed by atoms with Crippen molar-refractivity contribution in [3.63, 3.8) is 0 Å². The number of hydrogen-bond donors (Lipinski definition) is 0. The third-order valence-corrected chi connectivity index (χ3v) is 16.5. The number of hydrogen-bond acceptors (Lipinski definition) is 0. The Morgan fingerprint density at radius 1 is 0.179 bits per heavy atom. The first kappa shape index (κ1) is 14.1. The van der Waals surface area contributed by atoms with Gasteiger partial charge in [-0.15, -0.1) is 0 Å². The summed E-state index contributed by atoms with van der Waals surface area (Å²) in [6, 6.07) is 0. The monoisotopic (exact) mass is 372 g/mol. The molecule has 0 aromatic carbocycles. The predicted molar refractivity (Wildman–Crippen MR) is 106 cm³/mol. The molecule has 11 fully saturated rings. The largest absolute Gasteiger partial charge is 0.0620 e. The Balaban J connectivity index is 0.893. The maximum atomic E-state index is 2.60.